The second-order valence-electron chi connectivity index (χ2n) is 8.65. The predicted octanol–water partition coefficient (Wildman–Crippen LogP) is 2.43. The summed E-state index contributed by atoms with van der Waals surface area (Å²) in [4.78, 5) is 2.11. The number of nitrogens with zero attached hydrogens (tertiary/aromatic N) is 2. The number of sulfonamides is 1. The van der Waals surface area contributed by atoms with E-state index < -0.39 is 16.1 Å². The third kappa shape index (κ3) is 5.87. The first-order chi connectivity index (χ1) is 15.6. The lowest BCUT2D eigenvalue weighted by molar-refractivity contribution is 0.0812. The van der Waals surface area contributed by atoms with Gasteiger partial charge in [0, 0.05) is 36.2 Å². The van der Waals surface area contributed by atoms with Crippen molar-refractivity contribution in [1.82, 2.24) is 9.21 Å². The molecule has 0 unspecified atom stereocenters. The highest BCUT2D eigenvalue weighted by atomic mass is 32.2. The number of hydrogen-bond acceptors (Lipinski definition) is 6. The molecular formula is C25H32N2O5S. The van der Waals surface area contributed by atoms with Gasteiger partial charge in [0.25, 0.3) is 0 Å². The second kappa shape index (κ2) is 10.6. The number of methoxy groups -OCH3 is 1. The van der Waals surface area contributed by atoms with Gasteiger partial charge in [0.15, 0.2) is 0 Å². The smallest absolute Gasteiger partial charge is 0.247 e. The van der Waals surface area contributed by atoms with Crippen LogP contribution in [0.25, 0.3) is 0 Å². The van der Waals surface area contributed by atoms with Crippen LogP contribution in [0, 0.1) is 17.8 Å². The van der Waals surface area contributed by atoms with Crippen LogP contribution in [0.1, 0.15) is 25.0 Å². The molecule has 2 aromatic carbocycles. The molecule has 3 atom stereocenters. The Kier molecular flexibility index (Phi) is 8.03. The lowest BCUT2D eigenvalue weighted by atomic mass is 10.0. The van der Waals surface area contributed by atoms with Crippen molar-refractivity contribution < 1.29 is 23.0 Å². The molecule has 0 bridgehead atoms. The first-order valence-corrected chi connectivity index (χ1v) is 12.3. The lowest BCUT2D eigenvalue weighted by Gasteiger charge is -2.37. The van der Waals surface area contributed by atoms with E-state index in [9.17, 15) is 13.5 Å². The summed E-state index contributed by atoms with van der Waals surface area (Å²) < 4.78 is 39.9. The van der Waals surface area contributed by atoms with Crippen LogP contribution >= 0.6 is 0 Å². The highest BCUT2D eigenvalue weighted by molar-refractivity contribution is 7.89. The molecule has 0 fully saturated rings. The predicted molar refractivity (Wildman–Crippen MR) is 128 cm³/mol. The third-order valence-electron chi connectivity index (χ3n) is 5.63. The van der Waals surface area contributed by atoms with Gasteiger partial charge in [-0.05, 0) is 57.4 Å². The average molecular weight is 473 g/mol. The quantitative estimate of drug-likeness (QED) is 0.674. The fraction of sp³-hybridized carbons (Fsp3) is 0.440. The number of fused-ring (bicyclic) bond motifs is 1. The zero-order valence-corrected chi connectivity index (χ0v) is 20.6. The Hall–Kier alpha value is -2.57. The molecular weight excluding hydrogens is 440 g/mol. The van der Waals surface area contributed by atoms with Gasteiger partial charge >= 0.3 is 0 Å². The SMILES string of the molecule is COc1cccc(C#Cc2ccc3c(c2)O[C@H](CN(C)C)[C@@H](C)CN([C@H](C)CO)S3(=O)=O)c1. The zero-order chi connectivity index (χ0) is 24.2. The maximum absolute atomic E-state index is 13.5. The van der Waals surface area contributed by atoms with Crippen LogP contribution in [0.3, 0.4) is 0 Å². The van der Waals surface area contributed by atoms with Crippen LogP contribution in [0.15, 0.2) is 47.4 Å². The van der Waals surface area contributed by atoms with Crippen molar-refractivity contribution in [2.75, 3.05) is 40.9 Å². The standard InChI is InChI=1S/C25H32N2O5S/c1-18-15-27(19(2)17-28)33(29,30)25-12-11-21(14-23(25)32-24(18)16-26(3)4)10-9-20-7-6-8-22(13-20)31-5/h6-8,11-14,18-19,24,28H,15-17H2,1-5H3/t18-,19+,24+/m0/s1. The summed E-state index contributed by atoms with van der Waals surface area (Å²) in [6, 6.07) is 11.8. The van der Waals surface area contributed by atoms with Crippen LogP contribution in [0.4, 0.5) is 0 Å². The highest BCUT2D eigenvalue weighted by Crippen LogP contribution is 2.34. The molecule has 1 aliphatic heterocycles. The molecule has 0 spiro atoms. The van der Waals surface area contributed by atoms with Crippen molar-refractivity contribution in [1.29, 1.82) is 0 Å². The summed E-state index contributed by atoms with van der Waals surface area (Å²) in [5, 5.41) is 9.71. The minimum atomic E-state index is -3.86. The first kappa shape index (κ1) is 25.1. The van der Waals surface area contributed by atoms with Gasteiger partial charge in [-0.2, -0.15) is 4.31 Å². The Morgan fingerprint density at radius 1 is 1.21 bits per heavy atom. The van der Waals surface area contributed by atoms with Gasteiger partial charge in [-0.25, -0.2) is 8.42 Å². The molecule has 7 nitrogen and oxygen atoms in total. The third-order valence-corrected chi connectivity index (χ3v) is 7.65. The monoisotopic (exact) mass is 472 g/mol. The van der Waals surface area contributed by atoms with Crippen LogP contribution in [0.2, 0.25) is 0 Å². The number of hydrogen-bond donors (Lipinski definition) is 1. The van der Waals surface area contributed by atoms with Crippen molar-refractivity contribution in [3.63, 3.8) is 0 Å². The number of ether oxygens (including phenoxy) is 2. The molecule has 33 heavy (non-hydrogen) atoms. The summed E-state index contributed by atoms with van der Waals surface area (Å²) >= 11 is 0. The number of likely N-dealkylation sites (N-methyl/N-ethyl adjacent to an activating group) is 1. The molecule has 2 aromatic rings. The zero-order valence-electron chi connectivity index (χ0n) is 19.8. The van der Waals surface area contributed by atoms with Gasteiger partial charge in [-0.1, -0.05) is 24.8 Å². The Morgan fingerprint density at radius 3 is 2.55 bits per heavy atom. The Morgan fingerprint density at radius 2 is 1.91 bits per heavy atom. The maximum atomic E-state index is 13.5. The fourth-order valence-electron chi connectivity index (χ4n) is 3.73. The van der Waals surface area contributed by atoms with Crippen molar-refractivity contribution >= 4 is 10.0 Å². The lowest BCUT2D eigenvalue weighted by Crippen LogP contribution is -2.49. The van der Waals surface area contributed by atoms with Crippen LogP contribution in [-0.2, 0) is 10.0 Å². The summed E-state index contributed by atoms with van der Waals surface area (Å²) in [5.74, 6) is 7.09. The van der Waals surface area contributed by atoms with Crippen molar-refractivity contribution in [3.8, 4) is 23.3 Å². The number of benzene rings is 2. The minimum absolute atomic E-state index is 0.0872. The van der Waals surface area contributed by atoms with Crippen LogP contribution in [0.5, 0.6) is 11.5 Å². The molecule has 8 heteroatoms. The van der Waals surface area contributed by atoms with E-state index in [0.717, 1.165) is 5.56 Å². The Balaban J connectivity index is 2.06. The van der Waals surface area contributed by atoms with Crippen molar-refractivity contribution in [2.24, 2.45) is 5.92 Å². The van der Waals surface area contributed by atoms with Gasteiger partial charge < -0.3 is 19.5 Å². The summed E-state index contributed by atoms with van der Waals surface area (Å²) in [5.41, 5.74) is 1.43. The van der Waals surface area contributed by atoms with E-state index >= 15 is 0 Å². The van der Waals surface area contributed by atoms with E-state index in [-0.39, 0.29) is 35.8 Å². The molecule has 1 aliphatic rings. The van der Waals surface area contributed by atoms with E-state index in [1.54, 1.807) is 32.2 Å². The van der Waals surface area contributed by atoms with Crippen molar-refractivity contribution in [3.05, 3.63) is 53.6 Å². The molecule has 0 saturated heterocycles. The van der Waals surface area contributed by atoms with Gasteiger partial charge in [-0.3, -0.25) is 0 Å². The molecule has 0 saturated carbocycles. The summed E-state index contributed by atoms with van der Waals surface area (Å²) in [6.45, 7) is 4.31. The molecule has 0 amide bonds. The van der Waals surface area contributed by atoms with E-state index in [1.165, 1.54) is 4.31 Å². The van der Waals surface area contributed by atoms with Gasteiger partial charge in [-0.15, -0.1) is 0 Å². The van der Waals surface area contributed by atoms with E-state index in [2.05, 4.69) is 11.8 Å². The van der Waals surface area contributed by atoms with Gasteiger partial charge in [0.05, 0.1) is 13.7 Å². The summed E-state index contributed by atoms with van der Waals surface area (Å²) in [6.07, 6.45) is -0.232. The van der Waals surface area contributed by atoms with Crippen LogP contribution in [-0.4, -0.2) is 75.8 Å². The fourth-order valence-corrected chi connectivity index (χ4v) is 5.55. The van der Waals surface area contributed by atoms with Gasteiger partial charge in [0.1, 0.15) is 22.5 Å². The Labute approximate surface area is 197 Å². The molecule has 0 aliphatic carbocycles. The second-order valence-corrected chi connectivity index (χ2v) is 10.5. The Bertz CT molecular complexity index is 1140. The van der Waals surface area contributed by atoms with Crippen LogP contribution < -0.4 is 9.47 Å². The minimum Gasteiger partial charge on any atom is -0.497 e. The van der Waals surface area contributed by atoms with Crippen molar-refractivity contribution in [2.45, 2.75) is 30.9 Å². The normalized spacial score (nSPS) is 21.1. The molecule has 178 valence electrons. The van der Waals surface area contributed by atoms with E-state index in [0.29, 0.717) is 17.9 Å². The van der Waals surface area contributed by atoms with E-state index in [1.807, 2.05) is 50.2 Å². The number of rotatable bonds is 5. The van der Waals surface area contributed by atoms with E-state index in [4.69, 9.17) is 9.47 Å². The molecule has 1 heterocycles. The topological polar surface area (TPSA) is 79.3 Å². The largest absolute Gasteiger partial charge is 0.497 e. The maximum Gasteiger partial charge on any atom is 0.247 e. The molecule has 0 aromatic heterocycles. The van der Waals surface area contributed by atoms with Gasteiger partial charge in [0.2, 0.25) is 10.0 Å². The average Bonchev–Trinajstić information content (AvgIpc) is 2.79. The first-order valence-electron chi connectivity index (χ1n) is 10.9. The molecule has 1 N–H and O–H groups in total. The molecule has 0 radical (unpaired) electrons. The number of aliphatic hydroxyl groups is 1. The summed E-state index contributed by atoms with van der Waals surface area (Å²) in [7, 11) is 1.65. The number of aliphatic hydroxyl groups excluding tert-OH is 1. The molecule has 3 rings (SSSR count). The highest BCUT2D eigenvalue weighted by Gasteiger charge is 2.37.